The molecule has 0 radical (unpaired) electrons. The van der Waals surface area contributed by atoms with Crippen molar-refractivity contribution in [2.75, 3.05) is 39.4 Å². The Morgan fingerprint density at radius 2 is 1.90 bits per heavy atom. The average Bonchev–Trinajstić information content (AvgIpc) is 3.23. The van der Waals surface area contributed by atoms with E-state index in [1.54, 1.807) is 10.8 Å². The van der Waals surface area contributed by atoms with E-state index in [1.165, 1.54) is 12.1 Å². The molecule has 0 saturated carbocycles. The van der Waals surface area contributed by atoms with Crippen molar-refractivity contribution in [3.8, 4) is 5.69 Å². The van der Waals surface area contributed by atoms with Crippen LogP contribution in [0.15, 0.2) is 61.1 Å². The zero-order chi connectivity index (χ0) is 21.5. The predicted octanol–water partition coefficient (Wildman–Crippen LogP) is 3.88. The summed E-state index contributed by atoms with van der Waals surface area (Å²) >= 11 is 0. The lowest BCUT2D eigenvalue weighted by Gasteiger charge is -2.28. The molecule has 0 aliphatic carbocycles. The van der Waals surface area contributed by atoms with Crippen LogP contribution in [0, 0.1) is 11.6 Å². The largest absolute Gasteiger partial charge is 0.379 e. The molecule has 0 bridgehead atoms. The molecule has 0 N–H and O–H groups in total. The Kier molecular flexibility index (Phi) is 7.40. The van der Waals surface area contributed by atoms with Crippen LogP contribution in [0.5, 0.6) is 0 Å². The molecular formula is C24H28F2N4O. The minimum Gasteiger partial charge on any atom is -0.379 e. The van der Waals surface area contributed by atoms with Gasteiger partial charge in [-0.1, -0.05) is 6.07 Å². The second-order valence-electron chi connectivity index (χ2n) is 7.84. The number of benzene rings is 1. The number of halogens is 2. The van der Waals surface area contributed by atoms with E-state index in [0.29, 0.717) is 12.2 Å². The van der Waals surface area contributed by atoms with Gasteiger partial charge in [0.05, 0.1) is 18.9 Å². The van der Waals surface area contributed by atoms with Gasteiger partial charge in [-0.3, -0.25) is 14.8 Å². The minimum absolute atomic E-state index is 0.357. The zero-order valence-corrected chi connectivity index (χ0v) is 17.6. The first-order valence-electron chi connectivity index (χ1n) is 10.7. The van der Waals surface area contributed by atoms with Gasteiger partial charge >= 0.3 is 0 Å². The van der Waals surface area contributed by atoms with E-state index in [-0.39, 0.29) is 0 Å². The Labute approximate surface area is 181 Å². The van der Waals surface area contributed by atoms with Crippen molar-refractivity contribution >= 4 is 0 Å². The third kappa shape index (κ3) is 5.97. The van der Waals surface area contributed by atoms with E-state index < -0.39 is 11.6 Å². The van der Waals surface area contributed by atoms with E-state index in [4.69, 9.17) is 4.74 Å². The molecule has 0 amide bonds. The monoisotopic (exact) mass is 426 g/mol. The van der Waals surface area contributed by atoms with Crippen molar-refractivity contribution in [2.24, 2.45) is 0 Å². The molecule has 164 valence electrons. The smallest absolute Gasteiger partial charge is 0.150 e. The van der Waals surface area contributed by atoms with Crippen LogP contribution in [0.4, 0.5) is 8.78 Å². The van der Waals surface area contributed by atoms with E-state index in [0.717, 1.165) is 69.7 Å². The van der Waals surface area contributed by atoms with Crippen LogP contribution in [0.2, 0.25) is 0 Å². The first-order valence-corrected chi connectivity index (χ1v) is 10.7. The molecule has 7 heteroatoms. The highest BCUT2D eigenvalue weighted by Crippen LogP contribution is 2.20. The second kappa shape index (κ2) is 10.6. The molecule has 1 aliphatic rings. The summed E-state index contributed by atoms with van der Waals surface area (Å²) in [5.74, 6) is -1.14. The highest BCUT2D eigenvalue weighted by molar-refractivity contribution is 5.37. The number of rotatable bonds is 9. The number of morpholine rings is 1. The number of pyridine rings is 1. The molecule has 1 aromatic carbocycles. The molecule has 31 heavy (non-hydrogen) atoms. The highest BCUT2D eigenvalue weighted by Gasteiger charge is 2.15. The SMILES string of the molecule is Fc1ccc(-n2cccc2CN(CCCN2CCOCC2)Cc2cccnc2)c(F)c1. The summed E-state index contributed by atoms with van der Waals surface area (Å²) < 4.78 is 35.0. The van der Waals surface area contributed by atoms with Crippen LogP contribution in [0.25, 0.3) is 5.69 Å². The second-order valence-corrected chi connectivity index (χ2v) is 7.84. The summed E-state index contributed by atoms with van der Waals surface area (Å²) in [4.78, 5) is 9.02. The minimum atomic E-state index is -0.573. The molecule has 3 aromatic rings. The lowest BCUT2D eigenvalue weighted by atomic mass is 10.2. The maximum Gasteiger partial charge on any atom is 0.150 e. The quantitative estimate of drug-likeness (QED) is 0.520. The molecular weight excluding hydrogens is 398 g/mol. The summed E-state index contributed by atoms with van der Waals surface area (Å²) in [7, 11) is 0. The van der Waals surface area contributed by atoms with E-state index >= 15 is 0 Å². The van der Waals surface area contributed by atoms with Crippen molar-refractivity contribution in [2.45, 2.75) is 19.5 Å². The summed E-state index contributed by atoms with van der Waals surface area (Å²) in [6.07, 6.45) is 6.51. The summed E-state index contributed by atoms with van der Waals surface area (Å²) in [6.45, 7) is 6.91. The molecule has 5 nitrogen and oxygen atoms in total. The van der Waals surface area contributed by atoms with Gasteiger partial charge in [0.2, 0.25) is 0 Å². The fourth-order valence-electron chi connectivity index (χ4n) is 3.99. The van der Waals surface area contributed by atoms with Crippen LogP contribution in [0.3, 0.4) is 0 Å². The van der Waals surface area contributed by atoms with Crippen molar-refractivity contribution < 1.29 is 13.5 Å². The van der Waals surface area contributed by atoms with Gasteiger partial charge in [0.25, 0.3) is 0 Å². The Morgan fingerprint density at radius 3 is 2.68 bits per heavy atom. The molecule has 2 aromatic heterocycles. The van der Waals surface area contributed by atoms with Crippen LogP contribution in [-0.2, 0) is 17.8 Å². The van der Waals surface area contributed by atoms with E-state index in [9.17, 15) is 8.78 Å². The van der Waals surface area contributed by atoms with Crippen molar-refractivity contribution in [3.63, 3.8) is 0 Å². The van der Waals surface area contributed by atoms with Crippen LogP contribution in [-0.4, -0.2) is 58.7 Å². The number of hydrogen-bond donors (Lipinski definition) is 0. The summed E-state index contributed by atoms with van der Waals surface area (Å²) in [5.41, 5.74) is 2.46. The average molecular weight is 427 g/mol. The molecule has 0 spiro atoms. The molecule has 0 unspecified atom stereocenters. The van der Waals surface area contributed by atoms with Gasteiger partial charge < -0.3 is 9.30 Å². The molecule has 1 fully saturated rings. The standard InChI is InChI=1S/C24H28F2N4O/c25-21-6-7-24(23(26)16-21)30-11-2-5-22(30)19-29(18-20-4-1-8-27-17-20)10-3-9-28-12-14-31-15-13-28/h1-2,4-8,11,16-17H,3,9-10,12-15,18-19H2. The Balaban J connectivity index is 1.47. The zero-order valence-electron chi connectivity index (χ0n) is 17.6. The van der Waals surface area contributed by atoms with Gasteiger partial charge in [-0.05, 0) is 48.9 Å². The molecule has 1 aliphatic heterocycles. The Bertz CT molecular complexity index is 957. The van der Waals surface area contributed by atoms with Crippen LogP contribution in [0.1, 0.15) is 17.7 Å². The number of hydrogen-bond acceptors (Lipinski definition) is 4. The van der Waals surface area contributed by atoms with Gasteiger partial charge in [0, 0.05) is 63.1 Å². The van der Waals surface area contributed by atoms with Gasteiger partial charge in [-0.25, -0.2) is 8.78 Å². The van der Waals surface area contributed by atoms with Gasteiger partial charge in [-0.15, -0.1) is 0 Å². The third-order valence-corrected chi connectivity index (χ3v) is 5.57. The lowest BCUT2D eigenvalue weighted by molar-refractivity contribution is 0.0358. The highest BCUT2D eigenvalue weighted by atomic mass is 19.1. The van der Waals surface area contributed by atoms with Crippen LogP contribution >= 0.6 is 0 Å². The first kappa shape index (κ1) is 21.6. The fourth-order valence-corrected chi connectivity index (χ4v) is 3.99. The Hall–Kier alpha value is -2.61. The molecule has 0 atom stereocenters. The van der Waals surface area contributed by atoms with Crippen molar-refractivity contribution in [3.05, 3.63) is 83.9 Å². The van der Waals surface area contributed by atoms with Gasteiger partial charge in [0.15, 0.2) is 0 Å². The van der Waals surface area contributed by atoms with E-state index in [1.807, 2.05) is 30.6 Å². The fraction of sp³-hybridized carbons (Fsp3) is 0.375. The summed E-state index contributed by atoms with van der Waals surface area (Å²) in [5, 5.41) is 0. The first-order chi connectivity index (χ1) is 15.2. The Morgan fingerprint density at radius 1 is 1.03 bits per heavy atom. The van der Waals surface area contributed by atoms with Gasteiger partial charge in [0.1, 0.15) is 11.6 Å². The van der Waals surface area contributed by atoms with Gasteiger partial charge in [-0.2, -0.15) is 0 Å². The maximum absolute atomic E-state index is 14.4. The van der Waals surface area contributed by atoms with Crippen molar-refractivity contribution in [1.82, 2.24) is 19.4 Å². The lowest BCUT2D eigenvalue weighted by Crippen LogP contribution is -2.38. The normalized spacial score (nSPS) is 14.9. The number of aromatic nitrogens is 2. The molecule has 4 rings (SSSR count). The maximum atomic E-state index is 14.4. The molecule has 3 heterocycles. The topological polar surface area (TPSA) is 33.5 Å². The molecule has 1 saturated heterocycles. The number of ether oxygens (including phenoxy) is 1. The van der Waals surface area contributed by atoms with Crippen molar-refractivity contribution in [1.29, 1.82) is 0 Å². The third-order valence-electron chi connectivity index (χ3n) is 5.57. The summed E-state index contributed by atoms with van der Waals surface area (Å²) in [6, 6.07) is 11.6. The predicted molar refractivity (Wildman–Crippen MR) is 116 cm³/mol. The van der Waals surface area contributed by atoms with E-state index in [2.05, 4.69) is 20.9 Å². The van der Waals surface area contributed by atoms with Crippen LogP contribution < -0.4 is 0 Å². The number of nitrogens with zero attached hydrogens (tertiary/aromatic N) is 4.